The number of nitro groups is 1. The zero-order valence-electron chi connectivity index (χ0n) is 16.0. The van der Waals surface area contributed by atoms with Crippen LogP contribution in [0.3, 0.4) is 0 Å². The van der Waals surface area contributed by atoms with Crippen LogP contribution in [0.2, 0.25) is 0 Å². The van der Waals surface area contributed by atoms with Crippen LogP contribution < -0.4 is 0 Å². The van der Waals surface area contributed by atoms with Crippen LogP contribution in [0.15, 0.2) is 27.6 Å². The van der Waals surface area contributed by atoms with Gasteiger partial charge in [-0.3, -0.25) is 15.0 Å². The van der Waals surface area contributed by atoms with E-state index in [1.165, 1.54) is 16.4 Å². The second-order valence-electron chi connectivity index (χ2n) is 6.73. The van der Waals surface area contributed by atoms with Gasteiger partial charge in [0.05, 0.1) is 15.9 Å². The van der Waals surface area contributed by atoms with Crippen molar-refractivity contribution < 1.29 is 17.9 Å². The molecule has 1 aliphatic rings. The molecule has 2 heterocycles. The van der Waals surface area contributed by atoms with E-state index in [1.807, 2.05) is 13.8 Å². The molecule has 0 aliphatic carbocycles. The maximum Gasteiger partial charge on any atom is 0.270 e. The molecule has 10 nitrogen and oxygen atoms in total. The summed E-state index contributed by atoms with van der Waals surface area (Å²) < 4.78 is 32.7. The van der Waals surface area contributed by atoms with Gasteiger partial charge in [0.1, 0.15) is 0 Å². The molecule has 0 spiro atoms. The molecule has 1 atom stereocenters. The number of aromatic nitrogens is 2. The van der Waals surface area contributed by atoms with Crippen molar-refractivity contribution in [2.75, 3.05) is 26.2 Å². The molecule has 0 saturated carbocycles. The van der Waals surface area contributed by atoms with E-state index < -0.39 is 14.9 Å². The van der Waals surface area contributed by atoms with E-state index in [2.05, 4.69) is 15.0 Å². The highest BCUT2D eigenvalue weighted by Crippen LogP contribution is 2.27. The third-order valence-corrected chi connectivity index (χ3v) is 7.02. The van der Waals surface area contributed by atoms with Gasteiger partial charge in [0.15, 0.2) is 5.82 Å². The molecule has 1 fully saturated rings. The Morgan fingerprint density at radius 3 is 2.54 bits per heavy atom. The lowest BCUT2D eigenvalue weighted by atomic mass is 10.2. The first kappa shape index (κ1) is 20.4. The summed E-state index contributed by atoms with van der Waals surface area (Å²) in [6, 6.07) is 3.79. The van der Waals surface area contributed by atoms with Crippen molar-refractivity contribution in [2.24, 2.45) is 0 Å². The summed E-state index contributed by atoms with van der Waals surface area (Å²) >= 11 is 0. The fraction of sp³-hybridized carbons (Fsp3) is 0.529. The van der Waals surface area contributed by atoms with Gasteiger partial charge in [-0.1, -0.05) is 18.1 Å². The van der Waals surface area contributed by atoms with Crippen LogP contribution in [0.1, 0.15) is 37.2 Å². The van der Waals surface area contributed by atoms with Gasteiger partial charge in [-0.05, 0) is 19.4 Å². The van der Waals surface area contributed by atoms with Crippen LogP contribution in [0.5, 0.6) is 0 Å². The van der Waals surface area contributed by atoms with Crippen LogP contribution in [0.4, 0.5) is 5.69 Å². The first-order valence-electron chi connectivity index (χ1n) is 9.05. The lowest BCUT2D eigenvalue weighted by Crippen LogP contribution is -2.49. The van der Waals surface area contributed by atoms with Crippen molar-refractivity contribution in [1.82, 2.24) is 19.3 Å². The molecular formula is C17H23N5O5S. The Hall–Kier alpha value is -2.37. The van der Waals surface area contributed by atoms with Crippen molar-refractivity contribution in [1.29, 1.82) is 0 Å². The van der Waals surface area contributed by atoms with Crippen molar-refractivity contribution in [3.63, 3.8) is 0 Å². The molecule has 1 aromatic heterocycles. The van der Waals surface area contributed by atoms with Gasteiger partial charge in [-0.15, -0.1) is 0 Å². The van der Waals surface area contributed by atoms with Crippen LogP contribution in [0, 0.1) is 17.0 Å². The fourth-order valence-electron chi connectivity index (χ4n) is 3.19. The summed E-state index contributed by atoms with van der Waals surface area (Å²) in [5.74, 6) is 1.16. The second-order valence-corrected chi connectivity index (χ2v) is 8.63. The number of sulfonamides is 1. The van der Waals surface area contributed by atoms with Crippen molar-refractivity contribution in [2.45, 2.75) is 38.1 Å². The van der Waals surface area contributed by atoms with Crippen LogP contribution in [-0.2, 0) is 16.4 Å². The molecule has 3 rings (SSSR count). The summed E-state index contributed by atoms with van der Waals surface area (Å²) in [6.45, 7) is 7.08. The fourth-order valence-corrected chi connectivity index (χ4v) is 4.85. The average Bonchev–Trinajstić information content (AvgIpc) is 3.16. The molecule has 0 N–H and O–H groups in total. The highest BCUT2D eigenvalue weighted by Gasteiger charge is 2.33. The number of rotatable bonds is 6. The Morgan fingerprint density at radius 1 is 1.29 bits per heavy atom. The summed E-state index contributed by atoms with van der Waals surface area (Å²) in [5.41, 5.74) is 0.249. The number of piperazine rings is 1. The van der Waals surface area contributed by atoms with Crippen molar-refractivity contribution in [3.8, 4) is 0 Å². The average molecular weight is 409 g/mol. The van der Waals surface area contributed by atoms with Gasteiger partial charge >= 0.3 is 0 Å². The van der Waals surface area contributed by atoms with Crippen LogP contribution >= 0.6 is 0 Å². The minimum Gasteiger partial charge on any atom is -0.338 e. The summed E-state index contributed by atoms with van der Waals surface area (Å²) in [7, 11) is -3.81. The first-order valence-corrected chi connectivity index (χ1v) is 10.5. The topological polar surface area (TPSA) is 123 Å². The summed E-state index contributed by atoms with van der Waals surface area (Å²) in [6.07, 6.45) is 0.685. The van der Waals surface area contributed by atoms with Gasteiger partial charge in [0.2, 0.25) is 15.9 Å². The molecule has 2 aromatic rings. The lowest BCUT2D eigenvalue weighted by molar-refractivity contribution is -0.385. The Kier molecular flexibility index (Phi) is 5.77. The third-order valence-electron chi connectivity index (χ3n) is 4.98. The van der Waals surface area contributed by atoms with E-state index in [-0.39, 0.29) is 29.7 Å². The number of nitro benzene ring substituents is 1. The number of non-ortho nitro benzene ring substituents is 1. The number of aryl methyl sites for hydroxylation is 2. The molecule has 0 amide bonds. The largest absolute Gasteiger partial charge is 0.338 e. The monoisotopic (exact) mass is 409 g/mol. The Bertz CT molecular complexity index is 966. The smallest absolute Gasteiger partial charge is 0.270 e. The zero-order chi connectivity index (χ0) is 20.5. The molecular weight excluding hydrogens is 386 g/mol. The van der Waals surface area contributed by atoms with Gasteiger partial charge in [-0.2, -0.15) is 9.29 Å². The third kappa shape index (κ3) is 3.91. The van der Waals surface area contributed by atoms with E-state index in [0.29, 0.717) is 36.8 Å². The highest BCUT2D eigenvalue weighted by atomic mass is 32.2. The molecule has 11 heteroatoms. The summed E-state index contributed by atoms with van der Waals surface area (Å²) in [5, 5.41) is 14.9. The molecule has 1 aromatic carbocycles. The number of nitrogens with zero attached hydrogens (tertiary/aromatic N) is 5. The van der Waals surface area contributed by atoms with E-state index in [4.69, 9.17) is 4.52 Å². The Balaban J connectivity index is 1.73. The second kappa shape index (κ2) is 7.94. The summed E-state index contributed by atoms with van der Waals surface area (Å²) in [4.78, 5) is 16.8. The van der Waals surface area contributed by atoms with Gasteiger partial charge < -0.3 is 4.52 Å². The number of benzene rings is 1. The van der Waals surface area contributed by atoms with E-state index in [1.54, 1.807) is 6.92 Å². The van der Waals surface area contributed by atoms with Crippen molar-refractivity contribution in [3.05, 3.63) is 45.6 Å². The van der Waals surface area contributed by atoms with E-state index >= 15 is 0 Å². The number of hydrogen-bond donors (Lipinski definition) is 0. The van der Waals surface area contributed by atoms with Crippen molar-refractivity contribution >= 4 is 15.7 Å². The first-order chi connectivity index (χ1) is 13.2. The standard InChI is InChI=1S/C17H23N5O5S/c1-4-16-18-17(27-19-16)13(3)20-7-9-21(10-8-20)28(25,26)15-11-14(22(23)24)6-5-12(15)2/h5-6,11,13H,4,7-10H2,1-3H3/t13-/m0/s1. The molecule has 1 aliphatic heterocycles. The molecule has 28 heavy (non-hydrogen) atoms. The van der Waals surface area contributed by atoms with Crippen LogP contribution in [-0.4, -0.2) is 58.9 Å². The highest BCUT2D eigenvalue weighted by molar-refractivity contribution is 7.89. The molecule has 1 saturated heterocycles. The molecule has 0 bridgehead atoms. The maximum absolute atomic E-state index is 13.0. The van der Waals surface area contributed by atoms with E-state index in [9.17, 15) is 18.5 Å². The quantitative estimate of drug-likeness (QED) is 0.524. The van der Waals surface area contributed by atoms with Gasteiger partial charge in [0, 0.05) is 44.7 Å². The SMILES string of the molecule is CCc1noc([C@H](C)N2CCN(S(=O)(=O)c3cc([N+](=O)[O-])ccc3C)CC2)n1. The van der Waals surface area contributed by atoms with Gasteiger partial charge in [-0.25, -0.2) is 8.42 Å². The minimum absolute atomic E-state index is 0.0207. The number of hydrogen-bond acceptors (Lipinski definition) is 8. The Labute approximate surface area is 163 Å². The minimum atomic E-state index is -3.81. The van der Waals surface area contributed by atoms with E-state index in [0.717, 1.165) is 6.07 Å². The van der Waals surface area contributed by atoms with Crippen LogP contribution in [0.25, 0.3) is 0 Å². The predicted octanol–water partition coefficient (Wildman–Crippen LogP) is 1.92. The zero-order valence-corrected chi connectivity index (χ0v) is 16.8. The molecule has 152 valence electrons. The Morgan fingerprint density at radius 2 is 1.96 bits per heavy atom. The predicted molar refractivity (Wildman–Crippen MR) is 100 cm³/mol. The molecule has 0 unspecified atom stereocenters. The molecule has 0 radical (unpaired) electrons. The lowest BCUT2D eigenvalue weighted by Gasteiger charge is -2.36. The normalized spacial score (nSPS) is 17.5. The van der Waals surface area contributed by atoms with Gasteiger partial charge in [0.25, 0.3) is 5.69 Å². The maximum atomic E-state index is 13.0.